The van der Waals surface area contributed by atoms with Gasteiger partial charge < -0.3 is 14.4 Å². The van der Waals surface area contributed by atoms with Crippen LogP contribution in [0.2, 0.25) is 0 Å². The van der Waals surface area contributed by atoms with Gasteiger partial charge in [-0.2, -0.15) is 0 Å². The summed E-state index contributed by atoms with van der Waals surface area (Å²) in [5, 5.41) is 0. The molecule has 3 heteroatoms. The zero-order chi connectivity index (χ0) is 21.4. The molecule has 0 amide bonds. The SMILES string of the molecule is CCCCCC(C)C/C=C/CCCCCCCOCCN(C)CCOCCCC. The van der Waals surface area contributed by atoms with Gasteiger partial charge in [-0.1, -0.05) is 84.3 Å². The Hall–Kier alpha value is -0.380. The second kappa shape index (κ2) is 23.9. The van der Waals surface area contributed by atoms with Gasteiger partial charge in [-0.3, -0.25) is 0 Å². The third kappa shape index (κ3) is 23.8. The van der Waals surface area contributed by atoms with Crippen molar-refractivity contribution >= 4 is 0 Å². The van der Waals surface area contributed by atoms with Gasteiger partial charge in [0.2, 0.25) is 0 Å². The first-order chi connectivity index (χ1) is 14.2. The fraction of sp³-hybridized carbons (Fsp3) is 0.923. The summed E-state index contributed by atoms with van der Waals surface area (Å²) in [6.07, 6.45) is 21.8. The third-order valence-corrected chi connectivity index (χ3v) is 5.54. The summed E-state index contributed by atoms with van der Waals surface area (Å²) in [6.45, 7) is 12.4. The number of rotatable bonds is 23. The first-order valence-corrected chi connectivity index (χ1v) is 12.7. The van der Waals surface area contributed by atoms with Crippen molar-refractivity contribution in [2.24, 2.45) is 5.92 Å². The predicted molar refractivity (Wildman–Crippen MR) is 129 cm³/mol. The summed E-state index contributed by atoms with van der Waals surface area (Å²) in [5.41, 5.74) is 0. The molecule has 0 aromatic carbocycles. The normalized spacial score (nSPS) is 13.0. The number of likely N-dealkylation sites (N-methyl/N-ethyl adjacent to an activating group) is 1. The van der Waals surface area contributed by atoms with Crippen LogP contribution in [0.25, 0.3) is 0 Å². The average molecular weight is 412 g/mol. The van der Waals surface area contributed by atoms with Gasteiger partial charge in [0.25, 0.3) is 0 Å². The molecule has 0 heterocycles. The maximum absolute atomic E-state index is 5.77. The van der Waals surface area contributed by atoms with E-state index in [0.29, 0.717) is 0 Å². The van der Waals surface area contributed by atoms with Crippen molar-refractivity contribution in [3.63, 3.8) is 0 Å². The summed E-state index contributed by atoms with van der Waals surface area (Å²) in [5.74, 6) is 0.858. The molecule has 1 unspecified atom stereocenters. The fourth-order valence-electron chi connectivity index (χ4n) is 3.31. The van der Waals surface area contributed by atoms with Crippen molar-refractivity contribution in [2.45, 2.75) is 104 Å². The predicted octanol–water partition coefficient (Wildman–Crippen LogP) is 7.25. The van der Waals surface area contributed by atoms with E-state index < -0.39 is 0 Å². The molecule has 3 nitrogen and oxygen atoms in total. The molecule has 0 spiro atoms. The molecule has 0 saturated carbocycles. The van der Waals surface area contributed by atoms with Crippen molar-refractivity contribution < 1.29 is 9.47 Å². The van der Waals surface area contributed by atoms with Gasteiger partial charge >= 0.3 is 0 Å². The molecule has 0 N–H and O–H groups in total. The second-order valence-corrected chi connectivity index (χ2v) is 8.75. The molecule has 0 bridgehead atoms. The van der Waals surface area contributed by atoms with E-state index in [2.05, 4.69) is 44.9 Å². The van der Waals surface area contributed by atoms with Gasteiger partial charge in [-0.05, 0) is 45.1 Å². The van der Waals surface area contributed by atoms with Gasteiger partial charge in [0.15, 0.2) is 0 Å². The quantitative estimate of drug-likeness (QED) is 0.130. The van der Waals surface area contributed by atoms with Crippen molar-refractivity contribution in [1.82, 2.24) is 4.90 Å². The van der Waals surface area contributed by atoms with Crippen LogP contribution in [0.15, 0.2) is 12.2 Å². The summed E-state index contributed by atoms with van der Waals surface area (Å²) in [4.78, 5) is 2.30. The van der Waals surface area contributed by atoms with Crippen LogP contribution in [0.1, 0.15) is 104 Å². The molecule has 1 atom stereocenters. The highest BCUT2D eigenvalue weighted by Gasteiger charge is 1.99. The molecule has 0 aromatic rings. The van der Waals surface area contributed by atoms with Crippen molar-refractivity contribution in [3.05, 3.63) is 12.2 Å². The number of hydrogen-bond acceptors (Lipinski definition) is 3. The molecular formula is C26H53NO2. The van der Waals surface area contributed by atoms with Gasteiger partial charge in [-0.25, -0.2) is 0 Å². The lowest BCUT2D eigenvalue weighted by atomic mass is 9.99. The van der Waals surface area contributed by atoms with E-state index in [-0.39, 0.29) is 0 Å². The topological polar surface area (TPSA) is 21.7 Å². The zero-order valence-corrected chi connectivity index (χ0v) is 20.4. The van der Waals surface area contributed by atoms with E-state index in [1.807, 2.05) is 0 Å². The third-order valence-electron chi connectivity index (χ3n) is 5.54. The van der Waals surface area contributed by atoms with Crippen LogP contribution in [0.3, 0.4) is 0 Å². The Balaban J connectivity index is 3.24. The van der Waals surface area contributed by atoms with Crippen LogP contribution in [-0.2, 0) is 9.47 Å². The molecule has 29 heavy (non-hydrogen) atoms. The average Bonchev–Trinajstić information content (AvgIpc) is 2.71. The fourth-order valence-corrected chi connectivity index (χ4v) is 3.31. The number of nitrogens with zero attached hydrogens (tertiary/aromatic N) is 1. The molecular weight excluding hydrogens is 358 g/mol. The maximum atomic E-state index is 5.77. The first kappa shape index (κ1) is 28.6. The lowest BCUT2D eigenvalue weighted by molar-refractivity contribution is 0.0819. The number of ether oxygens (including phenoxy) is 2. The van der Waals surface area contributed by atoms with E-state index >= 15 is 0 Å². The number of allylic oxidation sites excluding steroid dienone is 2. The molecule has 0 saturated heterocycles. The molecule has 0 aliphatic rings. The van der Waals surface area contributed by atoms with Crippen LogP contribution < -0.4 is 0 Å². The first-order valence-electron chi connectivity index (χ1n) is 12.7. The summed E-state index contributed by atoms with van der Waals surface area (Å²) >= 11 is 0. The zero-order valence-electron chi connectivity index (χ0n) is 20.4. The lowest BCUT2D eigenvalue weighted by Gasteiger charge is -2.16. The van der Waals surface area contributed by atoms with Crippen LogP contribution >= 0.6 is 0 Å². The minimum absolute atomic E-state index is 0.837. The molecule has 174 valence electrons. The lowest BCUT2D eigenvalue weighted by Crippen LogP contribution is -2.27. The van der Waals surface area contributed by atoms with Crippen LogP contribution in [0, 0.1) is 5.92 Å². The van der Waals surface area contributed by atoms with Crippen molar-refractivity contribution in [2.75, 3.05) is 46.6 Å². The minimum atomic E-state index is 0.837. The van der Waals surface area contributed by atoms with Gasteiger partial charge in [0.05, 0.1) is 13.2 Å². The molecule has 0 aliphatic heterocycles. The number of unbranched alkanes of at least 4 members (excludes halogenated alkanes) is 8. The minimum Gasteiger partial charge on any atom is -0.380 e. The Kier molecular flexibility index (Phi) is 23.6. The highest BCUT2D eigenvalue weighted by molar-refractivity contribution is 4.83. The Bertz CT molecular complexity index is 333. The van der Waals surface area contributed by atoms with E-state index in [1.54, 1.807) is 0 Å². The molecule has 0 aliphatic carbocycles. The summed E-state index contributed by atoms with van der Waals surface area (Å²) in [6, 6.07) is 0. The van der Waals surface area contributed by atoms with E-state index in [1.165, 1.54) is 83.5 Å². The summed E-state index contributed by atoms with van der Waals surface area (Å²) < 4.78 is 11.4. The Morgan fingerprint density at radius 2 is 1.31 bits per heavy atom. The Morgan fingerprint density at radius 3 is 2.00 bits per heavy atom. The Morgan fingerprint density at radius 1 is 0.690 bits per heavy atom. The summed E-state index contributed by atoms with van der Waals surface area (Å²) in [7, 11) is 2.15. The highest BCUT2D eigenvalue weighted by atomic mass is 16.5. The van der Waals surface area contributed by atoms with Gasteiger partial charge in [0.1, 0.15) is 0 Å². The van der Waals surface area contributed by atoms with Crippen LogP contribution in [-0.4, -0.2) is 51.5 Å². The Labute approximate surface area is 183 Å². The standard InChI is InChI=1S/C26H53NO2/c1-5-7-15-18-26(3)19-16-13-11-9-10-12-14-17-23-29-25-21-27(4)20-24-28-22-8-6-2/h13,16,26H,5-12,14-15,17-25H2,1-4H3/b16-13+. The molecule has 0 aromatic heterocycles. The monoisotopic (exact) mass is 411 g/mol. The van der Waals surface area contributed by atoms with E-state index in [0.717, 1.165) is 45.4 Å². The highest BCUT2D eigenvalue weighted by Crippen LogP contribution is 2.14. The van der Waals surface area contributed by atoms with Crippen molar-refractivity contribution in [3.8, 4) is 0 Å². The molecule has 0 rings (SSSR count). The largest absolute Gasteiger partial charge is 0.380 e. The van der Waals surface area contributed by atoms with Crippen LogP contribution in [0.5, 0.6) is 0 Å². The molecule has 0 radical (unpaired) electrons. The van der Waals surface area contributed by atoms with Crippen LogP contribution in [0.4, 0.5) is 0 Å². The second-order valence-electron chi connectivity index (χ2n) is 8.75. The smallest absolute Gasteiger partial charge is 0.0593 e. The van der Waals surface area contributed by atoms with Gasteiger partial charge in [-0.15, -0.1) is 0 Å². The maximum Gasteiger partial charge on any atom is 0.0593 e. The van der Waals surface area contributed by atoms with E-state index in [9.17, 15) is 0 Å². The molecule has 0 fully saturated rings. The van der Waals surface area contributed by atoms with Crippen molar-refractivity contribution in [1.29, 1.82) is 0 Å². The van der Waals surface area contributed by atoms with E-state index in [4.69, 9.17) is 9.47 Å². The number of hydrogen-bond donors (Lipinski definition) is 0. The van der Waals surface area contributed by atoms with Gasteiger partial charge in [0, 0.05) is 26.3 Å².